The van der Waals surface area contributed by atoms with Crippen LogP contribution in [-0.4, -0.2) is 25.1 Å². The highest BCUT2D eigenvalue weighted by molar-refractivity contribution is 5.95. The van der Waals surface area contributed by atoms with Gasteiger partial charge in [0.25, 0.3) is 0 Å². The lowest BCUT2D eigenvalue weighted by Gasteiger charge is -2.07. The van der Waals surface area contributed by atoms with Crippen LogP contribution in [0.25, 0.3) is 39.1 Å². The number of H-pyrrole nitrogens is 2. The van der Waals surface area contributed by atoms with Crippen LogP contribution in [0, 0.1) is 12.7 Å². The topological polar surface area (TPSA) is 70.2 Å². The van der Waals surface area contributed by atoms with Gasteiger partial charge in [-0.3, -0.25) is 15.1 Å². The normalized spacial score (nSPS) is 11.7. The van der Waals surface area contributed by atoms with Crippen molar-refractivity contribution in [2.45, 2.75) is 19.8 Å². The van der Waals surface area contributed by atoms with Gasteiger partial charge >= 0.3 is 0 Å². The third-order valence-corrected chi connectivity index (χ3v) is 7.06. The minimum Gasteiger partial charge on any atom is -0.357 e. The molecule has 5 nitrogen and oxygen atoms in total. The predicted molar refractivity (Wildman–Crippen MR) is 159 cm³/mol. The third-order valence-electron chi connectivity index (χ3n) is 7.06. The Bertz CT molecular complexity index is 1850. The van der Waals surface area contributed by atoms with Gasteiger partial charge in [-0.1, -0.05) is 61.2 Å². The second-order valence-corrected chi connectivity index (χ2v) is 9.80. The zero-order valence-electron chi connectivity index (χ0n) is 22.2. The molecule has 6 aromatic rings. The Kier molecular flexibility index (Phi) is 6.89. The summed E-state index contributed by atoms with van der Waals surface area (Å²) in [5.41, 5.74) is 10.3. The number of hydrogen-bond donors (Lipinski definition) is 2. The number of halogens is 1. The van der Waals surface area contributed by atoms with E-state index in [1.54, 1.807) is 12.1 Å². The molecule has 0 aliphatic carbocycles. The first-order chi connectivity index (χ1) is 19.6. The summed E-state index contributed by atoms with van der Waals surface area (Å²) in [5, 5.41) is 8.68. The van der Waals surface area contributed by atoms with Crippen molar-refractivity contribution in [1.29, 1.82) is 0 Å². The Morgan fingerprint density at radius 3 is 2.60 bits per heavy atom. The molecule has 0 radical (unpaired) electrons. The fraction of sp³-hybridized carbons (Fsp3) is 0.0882. The molecule has 0 aliphatic heterocycles. The molecular weight excluding hydrogens is 497 g/mol. The van der Waals surface area contributed by atoms with Crippen molar-refractivity contribution in [3.05, 3.63) is 144 Å². The zero-order valence-corrected chi connectivity index (χ0v) is 22.2. The van der Waals surface area contributed by atoms with E-state index in [-0.39, 0.29) is 5.82 Å². The average Bonchev–Trinajstić information content (AvgIpc) is 3.58. The number of aromatic amines is 2. The average molecular weight is 526 g/mol. The Balaban J connectivity index is 1.33. The van der Waals surface area contributed by atoms with Crippen LogP contribution in [0.4, 0.5) is 4.39 Å². The lowest BCUT2D eigenvalue weighted by atomic mass is 9.97. The van der Waals surface area contributed by atoms with E-state index in [0.29, 0.717) is 0 Å². The second-order valence-electron chi connectivity index (χ2n) is 9.80. The van der Waals surface area contributed by atoms with Crippen molar-refractivity contribution in [2.75, 3.05) is 0 Å². The fourth-order valence-electron chi connectivity index (χ4n) is 5.06. The number of fused-ring (bicyclic) bond motifs is 1. The van der Waals surface area contributed by atoms with Crippen LogP contribution in [0.3, 0.4) is 0 Å². The van der Waals surface area contributed by atoms with Crippen molar-refractivity contribution in [1.82, 2.24) is 25.1 Å². The van der Waals surface area contributed by atoms with Gasteiger partial charge in [0.1, 0.15) is 11.5 Å². The molecule has 0 aliphatic rings. The fourth-order valence-corrected chi connectivity index (χ4v) is 5.06. The molecule has 0 amide bonds. The van der Waals surface area contributed by atoms with Gasteiger partial charge in [0.15, 0.2) is 0 Å². The van der Waals surface area contributed by atoms with Gasteiger partial charge in [0.05, 0.1) is 23.1 Å². The van der Waals surface area contributed by atoms with E-state index in [1.165, 1.54) is 23.3 Å². The molecule has 6 heteroatoms. The standard InChI is InChI=1S/C34H28FN5/c1-3-8-28(25-11-7-12-27(35)16-25)29-17-32(38-22(29)2)34-30-18-31(37-21-33(30)39-40-34)26-15-24(19-36-20-26)14-13-23-9-5-4-6-10-23/h3-12,15-21,38H,1,13-14H2,2H3,(H,39,40)/b28-8-. The SMILES string of the molecule is C=C/C=C(/c1cccc(F)c1)c1cc(-c2n[nH]c3cnc(-c4cncc(CCc5ccccc5)c4)cc23)[nH]c1C. The number of allylic oxidation sites excluding steroid dienone is 2. The van der Waals surface area contributed by atoms with Crippen LogP contribution in [0.15, 0.2) is 110 Å². The van der Waals surface area contributed by atoms with Crippen molar-refractivity contribution in [3.63, 3.8) is 0 Å². The highest BCUT2D eigenvalue weighted by Crippen LogP contribution is 2.34. The molecule has 2 aromatic carbocycles. The number of rotatable bonds is 8. The van der Waals surface area contributed by atoms with Gasteiger partial charge in [-0.25, -0.2) is 4.39 Å². The Labute approximate surface area is 232 Å². The lowest BCUT2D eigenvalue weighted by Crippen LogP contribution is -1.93. The van der Waals surface area contributed by atoms with E-state index < -0.39 is 0 Å². The Morgan fingerprint density at radius 1 is 0.925 bits per heavy atom. The van der Waals surface area contributed by atoms with Gasteiger partial charge in [-0.05, 0) is 72.4 Å². The summed E-state index contributed by atoms with van der Waals surface area (Å²) < 4.78 is 14.0. The highest BCUT2D eigenvalue weighted by atomic mass is 19.1. The largest absolute Gasteiger partial charge is 0.357 e. The van der Waals surface area contributed by atoms with Gasteiger partial charge in [-0.2, -0.15) is 5.10 Å². The quantitative estimate of drug-likeness (QED) is 0.199. The summed E-state index contributed by atoms with van der Waals surface area (Å²) in [7, 11) is 0. The number of aryl methyl sites for hydroxylation is 3. The zero-order chi connectivity index (χ0) is 27.5. The van der Waals surface area contributed by atoms with E-state index >= 15 is 0 Å². The smallest absolute Gasteiger partial charge is 0.123 e. The maximum absolute atomic E-state index is 14.0. The maximum atomic E-state index is 14.0. The summed E-state index contributed by atoms with van der Waals surface area (Å²) in [4.78, 5) is 12.7. The lowest BCUT2D eigenvalue weighted by molar-refractivity contribution is 0.627. The first kappa shape index (κ1) is 25.2. The predicted octanol–water partition coefficient (Wildman–Crippen LogP) is 7.87. The number of aromatic nitrogens is 5. The molecule has 0 unspecified atom stereocenters. The van der Waals surface area contributed by atoms with Crippen LogP contribution in [-0.2, 0) is 12.8 Å². The summed E-state index contributed by atoms with van der Waals surface area (Å²) in [6.45, 7) is 5.87. The maximum Gasteiger partial charge on any atom is 0.123 e. The van der Waals surface area contributed by atoms with Gasteiger partial charge in [0, 0.05) is 34.6 Å². The molecular formula is C34H28FN5. The summed E-state index contributed by atoms with van der Waals surface area (Å²) in [6.07, 6.45) is 11.1. The van der Waals surface area contributed by atoms with E-state index in [9.17, 15) is 4.39 Å². The van der Waals surface area contributed by atoms with Crippen LogP contribution < -0.4 is 0 Å². The summed E-state index contributed by atoms with van der Waals surface area (Å²) in [6, 6.07) is 23.3. The molecule has 4 heterocycles. The molecule has 0 spiro atoms. The van der Waals surface area contributed by atoms with Crippen molar-refractivity contribution in [3.8, 4) is 22.6 Å². The molecule has 40 heavy (non-hydrogen) atoms. The van der Waals surface area contributed by atoms with E-state index in [0.717, 1.165) is 68.8 Å². The molecule has 4 aromatic heterocycles. The van der Waals surface area contributed by atoms with Gasteiger partial charge in [-0.15, -0.1) is 0 Å². The van der Waals surface area contributed by atoms with Crippen molar-refractivity contribution >= 4 is 16.5 Å². The van der Waals surface area contributed by atoms with Crippen molar-refractivity contribution < 1.29 is 4.39 Å². The van der Waals surface area contributed by atoms with Gasteiger partial charge < -0.3 is 4.98 Å². The first-order valence-electron chi connectivity index (χ1n) is 13.2. The molecule has 0 fully saturated rings. The minimum absolute atomic E-state index is 0.280. The first-order valence-corrected chi connectivity index (χ1v) is 13.2. The minimum atomic E-state index is -0.280. The molecule has 0 saturated carbocycles. The van der Waals surface area contributed by atoms with Gasteiger partial charge in [0.2, 0.25) is 0 Å². The molecule has 196 valence electrons. The van der Waals surface area contributed by atoms with E-state index in [4.69, 9.17) is 0 Å². The number of nitrogens with zero attached hydrogens (tertiary/aromatic N) is 3. The van der Waals surface area contributed by atoms with Crippen LogP contribution in [0.1, 0.15) is 27.9 Å². The number of benzene rings is 2. The van der Waals surface area contributed by atoms with Crippen LogP contribution in [0.5, 0.6) is 0 Å². The van der Waals surface area contributed by atoms with Crippen LogP contribution in [0.2, 0.25) is 0 Å². The molecule has 2 N–H and O–H groups in total. The number of hydrogen-bond acceptors (Lipinski definition) is 3. The molecule has 0 atom stereocenters. The highest BCUT2D eigenvalue weighted by Gasteiger charge is 2.17. The number of nitrogens with one attached hydrogen (secondary N) is 2. The third kappa shape index (κ3) is 5.12. The monoisotopic (exact) mass is 525 g/mol. The molecule has 0 saturated heterocycles. The van der Waals surface area contributed by atoms with Crippen molar-refractivity contribution in [2.24, 2.45) is 0 Å². The number of pyridine rings is 2. The van der Waals surface area contributed by atoms with Crippen LogP contribution >= 0.6 is 0 Å². The molecule has 0 bridgehead atoms. The summed E-state index contributed by atoms with van der Waals surface area (Å²) >= 11 is 0. The Hall–Kier alpha value is -5.10. The Morgan fingerprint density at radius 2 is 1.77 bits per heavy atom. The second kappa shape index (κ2) is 10.9. The van der Waals surface area contributed by atoms with E-state index in [2.05, 4.69) is 74.2 Å². The summed E-state index contributed by atoms with van der Waals surface area (Å²) in [5.74, 6) is -0.280. The van der Waals surface area contributed by atoms with E-state index in [1.807, 2.05) is 43.7 Å². The molecule has 6 rings (SSSR count).